The fourth-order valence-electron chi connectivity index (χ4n) is 3.08. The number of piperidine rings is 1. The van der Waals surface area contributed by atoms with E-state index >= 15 is 0 Å². The second kappa shape index (κ2) is 8.93. The summed E-state index contributed by atoms with van der Waals surface area (Å²) in [5.41, 5.74) is 0. The molecule has 102 valence electrons. The summed E-state index contributed by atoms with van der Waals surface area (Å²) in [4.78, 5) is 2.72. The molecule has 0 radical (unpaired) electrons. The van der Waals surface area contributed by atoms with Crippen LogP contribution in [0, 0.1) is 0 Å². The minimum atomic E-state index is 0.750. The van der Waals surface area contributed by atoms with Gasteiger partial charge in [-0.25, -0.2) is 0 Å². The Bertz CT molecular complexity index is 170. The molecule has 1 aliphatic heterocycles. The van der Waals surface area contributed by atoms with Gasteiger partial charge in [0.15, 0.2) is 0 Å². The van der Waals surface area contributed by atoms with Crippen molar-refractivity contribution >= 4 is 0 Å². The van der Waals surface area contributed by atoms with Crippen LogP contribution in [0.5, 0.6) is 0 Å². The van der Waals surface area contributed by atoms with Crippen LogP contribution in [-0.2, 0) is 0 Å². The largest absolute Gasteiger partial charge is 0.313 e. The first kappa shape index (κ1) is 15.0. The Kier molecular flexibility index (Phi) is 7.87. The highest BCUT2D eigenvalue weighted by molar-refractivity contribution is 4.79. The quantitative estimate of drug-likeness (QED) is 0.699. The molecule has 0 spiro atoms. The molecule has 1 aliphatic rings. The molecule has 0 aliphatic carbocycles. The summed E-state index contributed by atoms with van der Waals surface area (Å²) in [6.07, 6.45) is 9.54. The molecule has 1 heterocycles. The molecule has 1 N–H and O–H groups in total. The molecule has 1 atom stereocenters. The zero-order valence-corrected chi connectivity index (χ0v) is 12.2. The Morgan fingerprint density at radius 3 is 2.29 bits per heavy atom. The Hall–Kier alpha value is -0.0800. The molecule has 0 saturated carbocycles. The summed E-state index contributed by atoms with van der Waals surface area (Å²) < 4.78 is 0. The minimum Gasteiger partial charge on any atom is -0.313 e. The van der Waals surface area contributed by atoms with Crippen LogP contribution in [0.2, 0.25) is 0 Å². The Balaban J connectivity index is 2.42. The molecular formula is C15H32N2. The van der Waals surface area contributed by atoms with Gasteiger partial charge in [-0.15, -0.1) is 0 Å². The molecule has 17 heavy (non-hydrogen) atoms. The zero-order chi connectivity index (χ0) is 12.5. The van der Waals surface area contributed by atoms with Crippen LogP contribution >= 0.6 is 0 Å². The minimum absolute atomic E-state index is 0.750. The number of nitrogens with one attached hydrogen (secondary N) is 1. The van der Waals surface area contributed by atoms with Crippen LogP contribution in [0.1, 0.15) is 65.7 Å². The van der Waals surface area contributed by atoms with Crippen molar-refractivity contribution < 1.29 is 0 Å². The van der Waals surface area contributed by atoms with Crippen LogP contribution in [0.15, 0.2) is 0 Å². The van der Waals surface area contributed by atoms with Crippen molar-refractivity contribution in [2.75, 3.05) is 19.6 Å². The van der Waals surface area contributed by atoms with Crippen molar-refractivity contribution in [3.63, 3.8) is 0 Å². The average molecular weight is 240 g/mol. The summed E-state index contributed by atoms with van der Waals surface area (Å²) >= 11 is 0. The highest BCUT2D eigenvalue weighted by Crippen LogP contribution is 2.16. The first-order valence-electron chi connectivity index (χ1n) is 7.79. The van der Waals surface area contributed by atoms with Gasteiger partial charge in [0.2, 0.25) is 0 Å². The summed E-state index contributed by atoms with van der Waals surface area (Å²) in [6.45, 7) is 10.7. The lowest BCUT2D eigenvalue weighted by molar-refractivity contribution is 0.156. The molecule has 1 rings (SSSR count). The Morgan fingerprint density at radius 2 is 1.82 bits per heavy atom. The first-order chi connectivity index (χ1) is 8.31. The SMILES string of the molecule is CCCC(CCC)N(CC)CC1CCCCN1. The molecule has 0 amide bonds. The molecule has 0 aromatic heterocycles. The van der Waals surface area contributed by atoms with E-state index in [2.05, 4.69) is 31.0 Å². The molecule has 2 nitrogen and oxygen atoms in total. The van der Waals surface area contributed by atoms with E-state index in [1.54, 1.807) is 0 Å². The summed E-state index contributed by atoms with van der Waals surface area (Å²) in [6, 6.07) is 1.57. The van der Waals surface area contributed by atoms with Crippen LogP contribution < -0.4 is 5.32 Å². The van der Waals surface area contributed by atoms with Gasteiger partial charge in [0.25, 0.3) is 0 Å². The average Bonchev–Trinajstić information content (AvgIpc) is 2.37. The van der Waals surface area contributed by atoms with E-state index in [0.717, 1.165) is 12.1 Å². The maximum atomic E-state index is 3.68. The van der Waals surface area contributed by atoms with Crippen molar-refractivity contribution in [2.24, 2.45) is 0 Å². The van der Waals surface area contributed by atoms with Gasteiger partial charge in [0.05, 0.1) is 0 Å². The molecule has 0 bridgehead atoms. The van der Waals surface area contributed by atoms with E-state index in [-0.39, 0.29) is 0 Å². The fraction of sp³-hybridized carbons (Fsp3) is 1.00. The third-order valence-corrected chi connectivity index (χ3v) is 4.03. The zero-order valence-electron chi connectivity index (χ0n) is 12.2. The monoisotopic (exact) mass is 240 g/mol. The van der Waals surface area contributed by atoms with Crippen LogP contribution in [0.3, 0.4) is 0 Å². The smallest absolute Gasteiger partial charge is 0.0195 e. The lowest BCUT2D eigenvalue weighted by Crippen LogP contribution is -2.47. The van der Waals surface area contributed by atoms with Gasteiger partial charge in [-0.2, -0.15) is 0 Å². The van der Waals surface area contributed by atoms with E-state index in [4.69, 9.17) is 0 Å². The highest BCUT2D eigenvalue weighted by atomic mass is 15.2. The van der Waals surface area contributed by atoms with Crippen LogP contribution in [-0.4, -0.2) is 36.6 Å². The van der Waals surface area contributed by atoms with Gasteiger partial charge in [0, 0.05) is 18.6 Å². The molecule has 2 heteroatoms. The van der Waals surface area contributed by atoms with Crippen molar-refractivity contribution in [1.82, 2.24) is 10.2 Å². The molecule has 1 unspecified atom stereocenters. The van der Waals surface area contributed by atoms with Gasteiger partial charge in [0.1, 0.15) is 0 Å². The van der Waals surface area contributed by atoms with Gasteiger partial charge >= 0.3 is 0 Å². The van der Waals surface area contributed by atoms with Gasteiger partial charge < -0.3 is 5.32 Å². The number of nitrogens with zero attached hydrogens (tertiary/aromatic N) is 1. The normalized spacial score (nSPS) is 21.4. The second-order valence-corrected chi connectivity index (χ2v) is 5.47. The van der Waals surface area contributed by atoms with Crippen LogP contribution in [0.4, 0.5) is 0 Å². The molecule has 0 aromatic carbocycles. The number of likely N-dealkylation sites (N-methyl/N-ethyl adjacent to an activating group) is 1. The van der Waals surface area contributed by atoms with Crippen molar-refractivity contribution in [3.8, 4) is 0 Å². The highest BCUT2D eigenvalue weighted by Gasteiger charge is 2.20. The van der Waals surface area contributed by atoms with Crippen molar-refractivity contribution in [2.45, 2.75) is 77.8 Å². The van der Waals surface area contributed by atoms with E-state index in [9.17, 15) is 0 Å². The third kappa shape index (κ3) is 5.39. The van der Waals surface area contributed by atoms with Crippen molar-refractivity contribution in [3.05, 3.63) is 0 Å². The van der Waals surface area contributed by atoms with Gasteiger partial charge in [-0.05, 0) is 38.8 Å². The van der Waals surface area contributed by atoms with Crippen molar-refractivity contribution in [1.29, 1.82) is 0 Å². The van der Waals surface area contributed by atoms with E-state index in [0.29, 0.717) is 0 Å². The second-order valence-electron chi connectivity index (χ2n) is 5.47. The first-order valence-corrected chi connectivity index (χ1v) is 7.79. The molecule has 1 saturated heterocycles. The summed E-state index contributed by atoms with van der Waals surface area (Å²) in [5, 5.41) is 3.68. The Morgan fingerprint density at radius 1 is 1.12 bits per heavy atom. The number of rotatable bonds is 8. The maximum absolute atomic E-state index is 3.68. The number of hydrogen-bond donors (Lipinski definition) is 1. The van der Waals surface area contributed by atoms with Crippen LogP contribution in [0.25, 0.3) is 0 Å². The predicted molar refractivity (Wildman–Crippen MR) is 76.5 cm³/mol. The van der Waals surface area contributed by atoms with E-state index in [1.807, 2.05) is 0 Å². The lowest BCUT2D eigenvalue weighted by Gasteiger charge is -2.35. The standard InChI is InChI=1S/C15H32N2/c1-4-9-15(10-5-2)17(6-3)13-14-11-7-8-12-16-14/h14-16H,4-13H2,1-3H3. The lowest BCUT2D eigenvalue weighted by atomic mass is 10.0. The van der Waals surface area contributed by atoms with E-state index < -0.39 is 0 Å². The van der Waals surface area contributed by atoms with Gasteiger partial charge in [-0.3, -0.25) is 4.90 Å². The number of hydrogen-bond acceptors (Lipinski definition) is 2. The topological polar surface area (TPSA) is 15.3 Å². The maximum Gasteiger partial charge on any atom is 0.0195 e. The van der Waals surface area contributed by atoms with Gasteiger partial charge in [-0.1, -0.05) is 40.0 Å². The Labute approximate surface area is 108 Å². The van der Waals surface area contributed by atoms with E-state index in [1.165, 1.54) is 64.6 Å². The molecule has 1 fully saturated rings. The summed E-state index contributed by atoms with van der Waals surface area (Å²) in [7, 11) is 0. The molecule has 0 aromatic rings. The predicted octanol–water partition coefficient (Wildman–Crippen LogP) is 3.42. The third-order valence-electron chi connectivity index (χ3n) is 4.03. The molecular weight excluding hydrogens is 208 g/mol. The fourth-order valence-corrected chi connectivity index (χ4v) is 3.08. The summed E-state index contributed by atoms with van der Waals surface area (Å²) in [5.74, 6) is 0.